The van der Waals surface area contributed by atoms with Crippen LogP contribution in [0.1, 0.15) is 66.0 Å². The van der Waals surface area contributed by atoms with Crippen LogP contribution in [0, 0.1) is 0 Å². The van der Waals surface area contributed by atoms with Crippen LogP contribution in [0.25, 0.3) is 0 Å². The second-order valence-corrected chi connectivity index (χ2v) is 23.1. The van der Waals surface area contributed by atoms with E-state index in [2.05, 4.69) is 110 Å². The Bertz CT molecular complexity index is 743. The molecule has 0 fully saturated rings. The minimum atomic E-state index is -1.86. The molecule has 5 nitrogen and oxygen atoms in total. The predicted octanol–water partition coefficient (Wildman–Crippen LogP) is 7.91. The summed E-state index contributed by atoms with van der Waals surface area (Å²) in [5, 5.41) is 0.351. The van der Waals surface area contributed by atoms with E-state index in [0.29, 0.717) is 33.0 Å². The molecular formula is C29H57NO4SSi2. The highest BCUT2D eigenvalue weighted by Crippen LogP contribution is 2.38. The van der Waals surface area contributed by atoms with E-state index in [4.69, 9.17) is 18.3 Å². The van der Waals surface area contributed by atoms with Crippen molar-refractivity contribution in [3.05, 3.63) is 29.3 Å². The second-order valence-electron chi connectivity index (χ2n) is 13.0. The Balaban J connectivity index is 3.10. The molecule has 0 radical (unpaired) electrons. The topological polar surface area (TPSA) is 40.2 Å². The summed E-state index contributed by atoms with van der Waals surface area (Å²) < 4.78 is 24.6. The summed E-state index contributed by atoms with van der Waals surface area (Å²) >= 11 is 4.54. The average Bonchev–Trinajstić information content (AvgIpc) is 2.78. The molecule has 216 valence electrons. The van der Waals surface area contributed by atoms with E-state index in [0.717, 1.165) is 31.9 Å². The quantitative estimate of drug-likeness (QED) is 0.117. The third-order valence-electron chi connectivity index (χ3n) is 7.81. The summed E-state index contributed by atoms with van der Waals surface area (Å²) in [7, 11) is -3.72. The standard InChI is InChI=1S/C29H57NO4SSi2/c1-12-15-31-17-18-32-16-13-30(14-19-35)27-21-25(23-33-36(8,9)28(2,3)4)20-26(22-27)24-34-37(10,11)29(5,6)7/h20-22,35H,12-19,23-24H2,1-11H3. The van der Waals surface area contributed by atoms with Gasteiger partial charge in [0.25, 0.3) is 0 Å². The number of hydrogen-bond acceptors (Lipinski definition) is 6. The monoisotopic (exact) mass is 571 g/mol. The maximum atomic E-state index is 6.61. The third kappa shape index (κ3) is 12.1. The lowest BCUT2D eigenvalue weighted by Crippen LogP contribution is -2.40. The van der Waals surface area contributed by atoms with Crippen LogP contribution in [0.5, 0.6) is 0 Å². The van der Waals surface area contributed by atoms with Gasteiger partial charge >= 0.3 is 0 Å². The SMILES string of the molecule is CCCOCCOCCN(CCS)c1cc(CO[Si](C)(C)C(C)(C)C)cc(CO[Si](C)(C)C(C)(C)C)c1. The number of nitrogens with zero attached hydrogens (tertiary/aromatic N) is 1. The van der Waals surface area contributed by atoms with Gasteiger partial charge in [0.15, 0.2) is 16.6 Å². The highest BCUT2D eigenvalue weighted by Gasteiger charge is 2.38. The van der Waals surface area contributed by atoms with Crippen molar-refractivity contribution in [1.82, 2.24) is 0 Å². The maximum absolute atomic E-state index is 6.61. The highest BCUT2D eigenvalue weighted by molar-refractivity contribution is 7.80. The van der Waals surface area contributed by atoms with Crippen LogP contribution in [0.4, 0.5) is 5.69 Å². The van der Waals surface area contributed by atoms with Crippen LogP contribution < -0.4 is 4.90 Å². The van der Waals surface area contributed by atoms with Crippen molar-refractivity contribution >= 4 is 35.0 Å². The van der Waals surface area contributed by atoms with Crippen molar-refractivity contribution in [3.8, 4) is 0 Å². The molecule has 0 aliphatic heterocycles. The molecule has 0 aliphatic rings. The van der Waals surface area contributed by atoms with E-state index >= 15 is 0 Å². The highest BCUT2D eigenvalue weighted by atomic mass is 32.1. The molecule has 0 N–H and O–H groups in total. The van der Waals surface area contributed by atoms with Crippen LogP contribution >= 0.6 is 12.6 Å². The smallest absolute Gasteiger partial charge is 0.192 e. The van der Waals surface area contributed by atoms with E-state index in [9.17, 15) is 0 Å². The minimum absolute atomic E-state index is 0.176. The fourth-order valence-corrected chi connectivity index (χ4v) is 5.35. The predicted molar refractivity (Wildman–Crippen MR) is 168 cm³/mol. The molecule has 37 heavy (non-hydrogen) atoms. The molecule has 0 unspecified atom stereocenters. The number of thiol groups is 1. The van der Waals surface area contributed by atoms with Crippen LogP contribution in [-0.4, -0.2) is 61.9 Å². The normalized spacial score (nSPS) is 13.3. The Morgan fingerprint density at radius 2 is 1.16 bits per heavy atom. The van der Waals surface area contributed by atoms with Gasteiger partial charge in [-0.3, -0.25) is 0 Å². The van der Waals surface area contributed by atoms with E-state index in [1.807, 2.05) is 0 Å². The molecule has 0 bridgehead atoms. The molecule has 1 rings (SSSR count). The van der Waals surface area contributed by atoms with Crippen LogP contribution in [0.15, 0.2) is 18.2 Å². The molecular weight excluding hydrogens is 515 g/mol. The molecule has 0 saturated carbocycles. The zero-order valence-electron chi connectivity index (χ0n) is 25.8. The van der Waals surface area contributed by atoms with Gasteiger partial charge in [0.1, 0.15) is 0 Å². The molecule has 8 heteroatoms. The van der Waals surface area contributed by atoms with E-state index in [1.54, 1.807) is 0 Å². The number of hydrogen-bond donors (Lipinski definition) is 1. The van der Waals surface area contributed by atoms with Gasteiger partial charge in [-0.25, -0.2) is 0 Å². The summed E-state index contributed by atoms with van der Waals surface area (Å²) in [6, 6.07) is 6.82. The van der Waals surface area contributed by atoms with Crippen molar-refractivity contribution in [2.24, 2.45) is 0 Å². The minimum Gasteiger partial charge on any atom is -0.413 e. The number of ether oxygens (including phenoxy) is 2. The largest absolute Gasteiger partial charge is 0.413 e. The average molecular weight is 572 g/mol. The first kappa shape index (κ1) is 34.7. The fourth-order valence-electron chi connectivity index (χ4n) is 3.18. The van der Waals surface area contributed by atoms with Gasteiger partial charge in [-0.1, -0.05) is 54.5 Å². The van der Waals surface area contributed by atoms with Crippen LogP contribution in [-0.2, 0) is 31.5 Å². The fraction of sp³-hybridized carbons (Fsp3) is 0.793. The summed E-state index contributed by atoms with van der Waals surface area (Å²) in [6.45, 7) is 30.7. The van der Waals surface area contributed by atoms with Gasteiger partial charge in [-0.05, 0) is 65.9 Å². The van der Waals surface area contributed by atoms with Crippen molar-refractivity contribution in [3.63, 3.8) is 0 Å². The molecule has 0 heterocycles. The van der Waals surface area contributed by atoms with Gasteiger partial charge in [-0.2, -0.15) is 12.6 Å². The Kier molecular flexibility index (Phi) is 14.5. The Labute approximate surface area is 236 Å². The molecule has 1 aromatic rings. The zero-order chi connectivity index (χ0) is 28.3. The molecule has 0 amide bonds. The second kappa shape index (κ2) is 15.4. The van der Waals surface area contributed by atoms with Crippen LogP contribution in [0.3, 0.4) is 0 Å². The first-order valence-electron chi connectivity index (χ1n) is 14.0. The molecule has 0 atom stereocenters. The van der Waals surface area contributed by atoms with E-state index < -0.39 is 16.6 Å². The van der Waals surface area contributed by atoms with Gasteiger partial charge in [-0.15, -0.1) is 0 Å². The Morgan fingerprint density at radius 3 is 1.57 bits per heavy atom. The lowest BCUT2D eigenvalue weighted by atomic mass is 10.1. The first-order valence-corrected chi connectivity index (χ1v) is 20.4. The summed E-state index contributed by atoms with van der Waals surface area (Å²) in [6.07, 6.45) is 1.03. The Hall–Kier alpha value is -0.356. The van der Waals surface area contributed by atoms with E-state index in [-0.39, 0.29) is 10.1 Å². The summed E-state index contributed by atoms with van der Waals surface area (Å²) in [5.41, 5.74) is 3.59. The lowest BCUT2D eigenvalue weighted by molar-refractivity contribution is 0.0506. The number of rotatable bonds is 17. The van der Waals surface area contributed by atoms with Crippen molar-refractivity contribution in [2.75, 3.05) is 50.2 Å². The zero-order valence-corrected chi connectivity index (χ0v) is 28.7. The molecule has 0 aliphatic carbocycles. The maximum Gasteiger partial charge on any atom is 0.192 e. The molecule has 0 spiro atoms. The number of anilines is 1. The van der Waals surface area contributed by atoms with Crippen molar-refractivity contribution in [1.29, 1.82) is 0 Å². The van der Waals surface area contributed by atoms with Crippen molar-refractivity contribution in [2.45, 2.75) is 104 Å². The molecule has 1 aromatic carbocycles. The third-order valence-corrected chi connectivity index (χ3v) is 17.0. The van der Waals surface area contributed by atoms with Crippen molar-refractivity contribution < 1.29 is 18.3 Å². The van der Waals surface area contributed by atoms with Gasteiger partial charge in [0, 0.05) is 31.1 Å². The van der Waals surface area contributed by atoms with Gasteiger partial charge < -0.3 is 23.2 Å². The molecule has 0 aromatic heterocycles. The first-order chi connectivity index (χ1) is 17.0. The summed E-state index contributed by atoms with van der Waals surface area (Å²) in [4.78, 5) is 2.37. The molecule has 0 saturated heterocycles. The van der Waals surface area contributed by atoms with Gasteiger partial charge in [0.05, 0.1) is 33.0 Å². The Morgan fingerprint density at radius 1 is 0.703 bits per heavy atom. The van der Waals surface area contributed by atoms with Gasteiger partial charge in [0.2, 0.25) is 0 Å². The lowest BCUT2D eigenvalue weighted by Gasteiger charge is -2.37. The van der Waals surface area contributed by atoms with Crippen LogP contribution in [0.2, 0.25) is 36.3 Å². The van der Waals surface area contributed by atoms with E-state index in [1.165, 1.54) is 16.8 Å². The summed E-state index contributed by atoms with van der Waals surface area (Å²) in [5.74, 6) is 0.778. The number of benzene rings is 1.